The zero-order chi connectivity index (χ0) is 13.7. The second-order valence-electron chi connectivity index (χ2n) is 4.88. The SMILES string of the molecule is CCNCc1ccccc1-c1ccc(N(C)C)cc1. The molecule has 0 heterocycles. The van der Waals surface area contributed by atoms with E-state index in [1.165, 1.54) is 22.4 Å². The van der Waals surface area contributed by atoms with E-state index in [0.29, 0.717) is 0 Å². The summed E-state index contributed by atoms with van der Waals surface area (Å²) in [5.41, 5.74) is 5.17. The molecule has 0 amide bonds. The van der Waals surface area contributed by atoms with Crippen LogP contribution in [0.4, 0.5) is 5.69 Å². The molecule has 19 heavy (non-hydrogen) atoms. The van der Waals surface area contributed by atoms with Crippen LogP contribution in [0.2, 0.25) is 0 Å². The van der Waals surface area contributed by atoms with Crippen molar-refractivity contribution in [1.82, 2.24) is 5.32 Å². The first-order valence-electron chi connectivity index (χ1n) is 6.78. The third kappa shape index (κ3) is 3.36. The predicted molar refractivity (Wildman–Crippen MR) is 83.6 cm³/mol. The van der Waals surface area contributed by atoms with Crippen LogP contribution in [-0.4, -0.2) is 20.6 Å². The van der Waals surface area contributed by atoms with Crippen LogP contribution < -0.4 is 10.2 Å². The van der Waals surface area contributed by atoms with Crippen molar-refractivity contribution in [2.45, 2.75) is 13.5 Å². The maximum Gasteiger partial charge on any atom is 0.0361 e. The Kier molecular flexibility index (Phi) is 4.58. The number of nitrogens with one attached hydrogen (secondary N) is 1. The summed E-state index contributed by atoms with van der Waals surface area (Å²) in [5.74, 6) is 0. The molecular formula is C17H22N2. The Balaban J connectivity index is 2.30. The zero-order valence-electron chi connectivity index (χ0n) is 12.0. The van der Waals surface area contributed by atoms with Gasteiger partial charge in [-0.25, -0.2) is 0 Å². The summed E-state index contributed by atoms with van der Waals surface area (Å²) in [6, 6.07) is 17.3. The van der Waals surface area contributed by atoms with Crippen molar-refractivity contribution in [3.63, 3.8) is 0 Å². The molecule has 0 fully saturated rings. The Labute approximate surface area is 116 Å². The van der Waals surface area contributed by atoms with E-state index < -0.39 is 0 Å². The van der Waals surface area contributed by atoms with Gasteiger partial charge < -0.3 is 10.2 Å². The van der Waals surface area contributed by atoms with Crippen LogP contribution in [0.15, 0.2) is 48.5 Å². The Hall–Kier alpha value is -1.80. The summed E-state index contributed by atoms with van der Waals surface area (Å²) in [6.45, 7) is 4.05. The number of nitrogens with zero attached hydrogens (tertiary/aromatic N) is 1. The highest BCUT2D eigenvalue weighted by Crippen LogP contribution is 2.25. The Morgan fingerprint density at radius 3 is 2.26 bits per heavy atom. The second-order valence-corrected chi connectivity index (χ2v) is 4.88. The fraction of sp³-hybridized carbons (Fsp3) is 0.294. The van der Waals surface area contributed by atoms with Crippen molar-refractivity contribution in [3.8, 4) is 11.1 Å². The molecule has 0 atom stereocenters. The molecule has 0 radical (unpaired) electrons. The zero-order valence-corrected chi connectivity index (χ0v) is 12.0. The smallest absolute Gasteiger partial charge is 0.0361 e. The molecule has 0 saturated heterocycles. The minimum Gasteiger partial charge on any atom is -0.378 e. The van der Waals surface area contributed by atoms with E-state index in [9.17, 15) is 0 Å². The van der Waals surface area contributed by atoms with Crippen molar-refractivity contribution in [2.24, 2.45) is 0 Å². The molecule has 2 rings (SSSR count). The lowest BCUT2D eigenvalue weighted by Gasteiger charge is -2.14. The molecule has 1 N–H and O–H groups in total. The summed E-state index contributed by atoms with van der Waals surface area (Å²) >= 11 is 0. The van der Waals surface area contributed by atoms with E-state index in [0.717, 1.165) is 13.1 Å². The van der Waals surface area contributed by atoms with Gasteiger partial charge in [0, 0.05) is 26.3 Å². The Morgan fingerprint density at radius 1 is 0.947 bits per heavy atom. The van der Waals surface area contributed by atoms with Gasteiger partial charge in [-0.2, -0.15) is 0 Å². The van der Waals surface area contributed by atoms with Crippen LogP contribution in [0.25, 0.3) is 11.1 Å². The van der Waals surface area contributed by atoms with Crippen LogP contribution in [0.5, 0.6) is 0 Å². The summed E-state index contributed by atoms with van der Waals surface area (Å²) < 4.78 is 0. The molecule has 2 nitrogen and oxygen atoms in total. The molecule has 0 saturated carbocycles. The maximum atomic E-state index is 3.40. The lowest BCUT2D eigenvalue weighted by molar-refractivity contribution is 0.728. The quantitative estimate of drug-likeness (QED) is 0.878. The molecule has 0 aromatic heterocycles. The van der Waals surface area contributed by atoms with Gasteiger partial charge in [0.15, 0.2) is 0 Å². The molecule has 2 heteroatoms. The van der Waals surface area contributed by atoms with Crippen LogP contribution in [0.3, 0.4) is 0 Å². The van der Waals surface area contributed by atoms with Crippen molar-refractivity contribution >= 4 is 5.69 Å². The third-order valence-corrected chi connectivity index (χ3v) is 3.28. The van der Waals surface area contributed by atoms with E-state index in [4.69, 9.17) is 0 Å². The monoisotopic (exact) mass is 254 g/mol. The van der Waals surface area contributed by atoms with Crippen molar-refractivity contribution < 1.29 is 0 Å². The largest absolute Gasteiger partial charge is 0.378 e. The summed E-state index contributed by atoms with van der Waals surface area (Å²) in [5, 5.41) is 3.40. The molecule has 0 aliphatic rings. The number of rotatable bonds is 5. The number of hydrogen-bond donors (Lipinski definition) is 1. The van der Waals surface area contributed by atoms with Gasteiger partial charge in [-0.15, -0.1) is 0 Å². The van der Waals surface area contributed by atoms with Gasteiger partial charge in [-0.3, -0.25) is 0 Å². The number of hydrogen-bond acceptors (Lipinski definition) is 2. The number of benzene rings is 2. The van der Waals surface area contributed by atoms with E-state index >= 15 is 0 Å². The molecule has 0 aliphatic heterocycles. The highest BCUT2D eigenvalue weighted by molar-refractivity contribution is 5.69. The first kappa shape index (κ1) is 13.6. The molecule has 100 valence electrons. The normalized spacial score (nSPS) is 10.5. The van der Waals surface area contributed by atoms with Gasteiger partial charge in [-0.1, -0.05) is 43.3 Å². The Bertz CT molecular complexity index is 515. The van der Waals surface area contributed by atoms with Gasteiger partial charge in [0.25, 0.3) is 0 Å². The lowest BCUT2D eigenvalue weighted by Crippen LogP contribution is -2.12. The Morgan fingerprint density at radius 2 is 1.63 bits per heavy atom. The van der Waals surface area contributed by atoms with E-state index in [1.54, 1.807) is 0 Å². The van der Waals surface area contributed by atoms with Crippen LogP contribution in [0, 0.1) is 0 Å². The summed E-state index contributed by atoms with van der Waals surface area (Å²) in [4.78, 5) is 2.12. The molecular weight excluding hydrogens is 232 g/mol. The molecule has 0 spiro atoms. The molecule has 2 aromatic carbocycles. The van der Waals surface area contributed by atoms with Crippen molar-refractivity contribution in [3.05, 3.63) is 54.1 Å². The van der Waals surface area contributed by atoms with Gasteiger partial charge in [-0.05, 0) is 35.4 Å². The van der Waals surface area contributed by atoms with Crippen LogP contribution in [0.1, 0.15) is 12.5 Å². The average molecular weight is 254 g/mol. The van der Waals surface area contributed by atoms with E-state index in [2.05, 4.69) is 79.8 Å². The molecule has 0 unspecified atom stereocenters. The minimum absolute atomic E-state index is 0.919. The summed E-state index contributed by atoms with van der Waals surface area (Å²) in [7, 11) is 4.13. The third-order valence-electron chi connectivity index (χ3n) is 3.28. The predicted octanol–water partition coefficient (Wildman–Crippen LogP) is 3.53. The molecule has 0 aliphatic carbocycles. The van der Waals surface area contributed by atoms with Gasteiger partial charge in [0.2, 0.25) is 0 Å². The topological polar surface area (TPSA) is 15.3 Å². The maximum absolute atomic E-state index is 3.40. The van der Waals surface area contributed by atoms with Gasteiger partial charge in [0.05, 0.1) is 0 Å². The molecule has 0 bridgehead atoms. The first-order chi connectivity index (χ1) is 9.22. The van der Waals surface area contributed by atoms with Crippen LogP contribution >= 0.6 is 0 Å². The summed E-state index contributed by atoms with van der Waals surface area (Å²) in [6.07, 6.45) is 0. The highest BCUT2D eigenvalue weighted by atomic mass is 15.1. The standard InChI is InChI=1S/C17H22N2/c1-4-18-13-15-7-5-6-8-17(15)14-9-11-16(12-10-14)19(2)3/h5-12,18H,4,13H2,1-3H3. The van der Waals surface area contributed by atoms with E-state index in [-0.39, 0.29) is 0 Å². The van der Waals surface area contributed by atoms with Crippen molar-refractivity contribution in [2.75, 3.05) is 25.5 Å². The average Bonchev–Trinajstić information content (AvgIpc) is 2.45. The lowest BCUT2D eigenvalue weighted by atomic mass is 9.99. The number of anilines is 1. The minimum atomic E-state index is 0.919. The fourth-order valence-corrected chi connectivity index (χ4v) is 2.15. The molecule has 2 aromatic rings. The van der Waals surface area contributed by atoms with Gasteiger partial charge in [0.1, 0.15) is 0 Å². The van der Waals surface area contributed by atoms with E-state index in [1.807, 2.05) is 0 Å². The first-order valence-corrected chi connectivity index (χ1v) is 6.78. The highest BCUT2D eigenvalue weighted by Gasteiger charge is 2.04. The van der Waals surface area contributed by atoms with Crippen molar-refractivity contribution in [1.29, 1.82) is 0 Å². The van der Waals surface area contributed by atoms with Crippen LogP contribution in [-0.2, 0) is 6.54 Å². The second kappa shape index (κ2) is 6.39. The van der Waals surface area contributed by atoms with Gasteiger partial charge >= 0.3 is 0 Å². The fourth-order valence-electron chi connectivity index (χ4n) is 2.15.